The van der Waals surface area contributed by atoms with E-state index in [1.165, 1.54) is 0 Å². The van der Waals surface area contributed by atoms with Gasteiger partial charge in [0.25, 0.3) is 0 Å². The van der Waals surface area contributed by atoms with Gasteiger partial charge in [-0.3, -0.25) is 4.79 Å². The predicted molar refractivity (Wildman–Crippen MR) is 50.2 cm³/mol. The third kappa shape index (κ3) is 1.47. The van der Waals surface area contributed by atoms with E-state index in [4.69, 9.17) is 4.74 Å². The molecule has 2 nitrogen and oxygen atoms in total. The Kier molecular flexibility index (Phi) is 1.59. The summed E-state index contributed by atoms with van der Waals surface area (Å²) in [5.74, 6) is 0.743. The van der Waals surface area contributed by atoms with Gasteiger partial charge in [0.1, 0.15) is 5.60 Å². The molecule has 0 aromatic carbocycles. The molecule has 0 N–H and O–H groups in total. The van der Waals surface area contributed by atoms with E-state index in [1.807, 2.05) is 6.92 Å². The zero-order valence-corrected chi connectivity index (χ0v) is 8.89. The number of ether oxygens (including phenoxy) is 1. The van der Waals surface area contributed by atoms with E-state index in [1.54, 1.807) is 0 Å². The van der Waals surface area contributed by atoms with Crippen LogP contribution in [0, 0.1) is 17.3 Å². The summed E-state index contributed by atoms with van der Waals surface area (Å²) in [7, 11) is 0. The normalized spacial score (nSPS) is 45.5. The minimum Gasteiger partial charge on any atom is -0.459 e. The minimum absolute atomic E-state index is 0.0249. The number of esters is 1. The van der Waals surface area contributed by atoms with Crippen molar-refractivity contribution in [1.82, 2.24) is 0 Å². The monoisotopic (exact) mass is 182 g/mol. The Morgan fingerprint density at radius 1 is 1.31 bits per heavy atom. The lowest BCUT2D eigenvalue weighted by Crippen LogP contribution is -2.20. The van der Waals surface area contributed by atoms with Gasteiger partial charge in [0, 0.05) is 0 Å². The molecule has 2 saturated carbocycles. The average Bonchev–Trinajstić information content (AvgIpc) is 2.74. The first-order valence-corrected chi connectivity index (χ1v) is 5.08. The summed E-state index contributed by atoms with van der Waals surface area (Å²) in [6.07, 6.45) is 2.03. The van der Waals surface area contributed by atoms with E-state index in [2.05, 4.69) is 20.8 Å². The second kappa shape index (κ2) is 2.28. The maximum Gasteiger partial charge on any atom is 0.310 e. The van der Waals surface area contributed by atoms with E-state index in [0.29, 0.717) is 5.92 Å². The van der Waals surface area contributed by atoms with Gasteiger partial charge in [0.05, 0.1) is 5.92 Å². The maximum atomic E-state index is 11.6. The van der Waals surface area contributed by atoms with Crippen LogP contribution < -0.4 is 0 Å². The summed E-state index contributed by atoms with van der Waals surface area (Å²) in [5, 5.41) is 0. The van der Waals surface area contributed by atoms with E-state index in [0.717, 1.165) is 12.8 Å². The summed E-state index contributed by atoms with van der Waals surface area (Å²) < 4.78 is 5.48. The molecule has 0 saturated heterocycles. The molecule has 0 heterocycles. The summed E-state index contributed by atoms with van der Waals surface area (Å²) in [5.41, 5.74) is 0.0708. The molecule has 2 aliphatic rings. The largest absolute Gasteiger partial charge is 0.459 e. The lowest BCUT2D eigenvalue weighted by Gasteiger charge is -2.12. The SMILES string of the molecule is CC1CC1(C)OC(=O)C1CC1(C)C. The molecule has 0 radical (unpaired) electrons. The van der Waals surface area contributed by atoms with Crippen molar-refractivity contribution in [2.45, 2.75) is 46.1 Å². The van der Waals surface area contributed by atoms with Crippen molar-refractivity contribution in [3.8, 4) is 0 Å². The average molecular weight is 182 g/mol. The first kappa shape index (κ1) is 9.04. The molecule has 0 aliphatic heterocycles. The van der Waals surface area contributed by atoms with Crippen LogP contribution in [0.2, 0.25) is 0 Å². The second-order valence-electron chi connectivity index (χ2n) is 5.58. The van der Waals surface area contributed by atoms with Crippen LogP contribution in [-0.4, -0.2) is 11.6 Å². The van der Waals surface area contributed by atoms with Gasteiger partial charge in [-0.25, -0.2) is 0 Å². The third-order valence-electron chi connectivity index (χ3n) is 3.73. The highest BCUT2D eigenvalue weighted by Gasteiger charge is 2.57. The van der Waals surface area contributed by atoms with Crippen LogP contribution in [0.1, 0.15) is 40.5 Å². The highest BCUT2D eigenvalue weighted by atomic mass is 16.6. The van der Waals surface area contributed by atoms with Crippen molar-refractivity contribution < 1.29 is 9.53 Å². The zero-order valence-electron chi connectivity index (χ0n) is 8.89. The summed E-state index contributed by atoms with van der Waals surface area (Å²) in [6, 6.07) is 0. The van der Waals surface area contributed by atoms with Crippen LogP contribution in [0.3, 0.4) is 0 Å². The van der Waals surface area contributed by atoms with Gasteiger partial charge < -0.3 is 4.74 Å². The van der Waals surface area contributed by atoms with Crippen molar-refractivity contribution in [3.05, 3.63) is 0 Å². The molecule has 0 amide bonds. The molecule has 13 heavy (non-hydrogen) atoms. The topological polar surface area (TPSA) is 26.3 Å². The van der Waals surface area contributed by atoms with Crippen molar-refractivity contribution in [3.63, 3.8) is 0 Å². The molecule has 0 aromatic rings. The van der Waals surface area contributed by atoms with Crippen LogP contribution in [-0.2, 0) is 9.53 Å². The first-order chi connectivity index (χ1) is 5.85. The molecule has 2 aliphatic carbocycles. The number of hydrogen-bond donors (Lipinski definition) is 0. The third-order valence-corrected chi connectivity index (χ3v) is 3.73. The van der Waals surface area contributed by atoms with Crippen LogP contribution in [0.5, 0.6) is 0 Å². The molecule has 2 fully saturated rings. The summed E-state index contributed by atoms with van der Waals surface area (Å²) in [4.78, 5) is 11.6. The van der Waals surface area contributed by atoms with Crippen molar-refractivity contribution in [2.24, 2.45) is 17.3 Å². The van der Waals surface area contributed by atoms with E-state index >= 15 is 0 Å². The second-order valence-corrected chi connectivity index (χ2v) is 5.58. The fourth-order valence-corrected chi connectivity index (χ4v) is 1.86. The Hall–Kier alpha value is -0.530. The smallest absolute Gasteiger partial charge is 0.310 e. The Labute approximate surface area is 79.7 Å². The van der Waals surface area contributed by atoms with E-state index in [-0.39, 0.29) is 22.9 Å². The van der Waals surface area contributed by atoms with Crippen molar-refractivity contribution >= 4 is 5.97 Å². The number of hydrogen-bond acceptors (Lipinski definition) is 2. The molecule has 3 atom stereocenters. The fourth-order valence-electron chi connectivity index (χ4n) is 1.86. The van der Waals surface area contributed by atoms with Gasteiger partial charge in [0.2, 0.25) is 0 Å². The highest BCUT2D eigenvalue weighted by molar-refractivity contribution is 5.77. The van der Waals surface area contributed by atoms with Crippen molar-refractivity contribution in [1.29, 1.82) is 0 Å². The fraction of sp³-hybridized carbons (Fsp3) is 0.909. The van der Waals surface area contributed by atoms with Gasteiger partial charge in [0.15, 0.2) is 0 Å². The van der Waals surface area contributed by atoms with Gasteiger partial charge in [-0.15, -0.1) is 0 Å². The molecule has 2 rings (SSSR count). The minimum atomic E-state index is -0.129. The highest BCUT2D eigenvalue weighted by Crippen LogP contribution is 2.54. The standard InChI is InChI=1S/C11H18O2/c1-7-5-11(7,4)13-9(12)8-6-10(8,2)3/h7-8H,5-6H2,1-4H3. The molecule has 0 bridgehead atoms. The zero-order chi connectivity index (χ0) is 9.85. The van der Waals surface area contributed by atoms with Gasteiger partial charge in [-0.05, 0) is 31.1 Å². The molecule has 2 heteroatoms. The number of carbonyl (C=O) groups is 1. The number of carbonyl (C=O) groups excluding carboxylic acids is 1. The molecule has 74 valence electrons. The summed E-state index contributed by atoms with van der Waals surface area (Å²) in [6.45, 7) is 8.41. The molecular weight excluding hydrogens is 164 g/mol. The lowest BCUT2D eigenvalue weighted by atomic mass is 10.1. The van der Waals surface area contributed by atoms with Crippen molar-refractivity contribution in [2.75, 3.05) is 0 Å². The van der Waals surface area contributed by atoms with E-state index < -0.39 is 0 Å². The molecule has 3 unspecified atom stereocenters. The Balaban J connectivity index is 1.87. The van der Waals surface area contributed by atoms with Crippen LogP contribution in [0.15, 0.2) is 0 Å². The van der Waals surface area contributed by atoms with Gasteiger partial charge in [-0.2, -0.15) is 0 Å². The molecular formula is C11H18O2. The van der Waals surface area contributed by atoms with E-state index in [9.17, 15) is 4.79 Å². The van der Waals surface area contributed by atoms with Crippen LogP contribution in [0.4, 0.5) is 0 Å². The first-order valence-electron chi connectivity index (χ1n) is 5.08. The predicted octanol–water partition coefficient (Wildman–Crippen LogP) is 2.37. The Bertz CT molecular complexity index is 257. The number of rotatable bonds is 2. The van der Waals surface area contributed by atoms with Crippen LogP contribution in [0.25, 0.3) is 0 Å². The lowest BCUT2D eigenvalue weighted by molar-refractivity contribution is -0.153. The van der Waals surface area contributed by atoms with Gasteiger partial charge >= 0.3 is 5.97 Å². The molecule has 0 spiro atoms. The van der Waals surface area contributed by atoms with Crippen LogP contribution >= 0.6 is 0 Å². The van der Waals surface area contributed by atoms with Gasteiger partial charge in [-0.1, -0.05) is 20.8 Å². The Morgan fingerprint density at radius 3 is 2.08 bits per heavy atom. The Morgan fingerprint density at radius 2 is 1.77 bits per heavy atom. The molecule has 0 aromatic heterocycles. The maximum absolute atomic E-state index is 11.6. The summed E-state index contributed by atoms with van der Waals surface area (Å²) >= 11 is 0. The quantitative estimate of drug-likeness (QED) is 0.613.